The molecule has 3 rings (SSSR count). The molecule has 0 saturated carbocycles. The monoisotopic (exact) mass is 299 g/mol. The molecule has 0 saturated heterocycles. The summed E-state index contributed by atoms with van der Waals surface area (Å²) in [5.74, 6) is 1.07. The molecule has 1 heterocycles. The van der Waals surface area contributed by atoms with E-state index in [1.807, 2.05) is 61.5 Å². The molecule has 0 radical (unpaired) electrons. The van der Waals surface area contributed by atoms with Crippen LogP contribution in [0.15, 0.2) is 59.0 Å². The topological polar surface area (TPSA) is 51.0 Å². The van der Waals surface area contributed by atoms with Crippen molar-refractivity contribution in [1.29, 1.82) is 0 Å². The summed E-state index contributed by atoms with van der Waals surface area (Å²) < 4.78 is 5.72. The second-order valence-electron chi connectivity index (χ2n) is 4.68. The number of halogens is 1. The van der Waals surface area contributed by atoms with Crippen molar-refractivity contribution in [2.45, 2.75) is 13.0 Å². The van der Waals surface area contributed by atoms with Gasteiger partial charge in [0.1, 0.15) is 6.04 Å². The maximum Gasteiger partial charge on any atom is 0.247 e. The molecule has 1 N–H and O–H groups in total. The molecule has 0 bridgehead atoms. The van der Waals surface area contributed by atoms with E-state index in [9.17, 15) is 0 Å². The first-order chi connectivity index (χ1) is 10.2. The minimum Gasteiger partial charge on any atom is -0.418 e. The van der Waals surface area contributed by atoms with Crippen LogP contribution < -0.4 is 5.32 Å². The van der Waals surface area contributed by atoms with E-state index in [4.69, 9.17) is 16.0 Å². The molecule has 5 heteroatoms. The summed E-state index contributed by atoms with van der Waals surface area (Å²) in [7, 11) is 0. The largest absolute Gasteiger partial charge is 0.418 e. The van der Waals surface area contributed by atoms with Crippen LogP contribution in [-0.2, 0) is 0 Å². The van der Waals surface area contributed by atoms with Crippen LogP contribution in [-0.4, -0.2) is 10.2 Å². The fraction of sp³-hybridized carbons (Fsp3) is 0.125. The third-order valence-electron chi connectivity index (χ3n) is 3.06. The van der Waals surface area contributed by atoms with Gasteiger partial charge in [-0.3, -0.25) is 0 Å². The first kappa shape index (κ1) is 13.6. The summed E-state index contributed by atoms with van der Waals surface area (Å²) >= 11 is 5.87. The first-order valence-electron chi connectivity index (χ1n) is 6.63. The van der Waals surface area contributed by atoms with Crippen LogP contribution in [0.1, 0.15) is 18.9 Å². The van der Waals surface area contributed by atoms with Crippen LogP contribution in [0.3, 0.4) is 0 Å². The molecule has 1 atom stereocenters. The number of hydrogen-bond acceptors (Lipinski definition) is 4. The molecule has 0 aliphatic rings. The third kappa shape index (κ3) is 3.23. The number of rotatable bonds is 4. The predicted octanol–water partition coefficient (Wildman–Crippen LogP) is 4.56. The fourth-order valence-corrected chi connectivity index (χ4v) is 2.09. The third-order valence-corrected chi connectivity index (χ3v) is 3.31. The molecule has 0 fully saturated rings. The van der Waals surface area contributed by atoms with Crippen molar-refractivity contribution in [1.82, 2.24) is 10.2 Å². The van der Waals surface area contributed by atoms with Gasteiger partial charge in [-0.05, 0) is 43.3 Å². The fourth-order valence-electron chi connectivity index (χ4n) is 1.96. The minimum absolute atomic E-state index is 0.0869. The number of aromatic nitrogens is 2. The Morgan fingerprint density at radius 3 is 2.43 bits per heavy atom. The van der Waals surface area contributed by atoms with Gasteiger partial charge in [-0.15, -0.1) is 10.2 Å². The number of benzene rings is 2. The van der Waals surface area contributed by atoms with Crippen LogP contribution in [0.2, 0.25) is 5.02 Å². The molecular formula is C16H14ClN3O. The normalized spacial score (nSPS) is 12.1. The van der Waals surface area contributed by atoms with Crippen LogP contribution in [0, 0.1) is 0 Å². The van der Waals surface area contributed by atoms with Crippen molar-refractivity contribution in [2.24, 2.45) is 0 Å². The Balaban J connectivity index is 1.75. The van der Waals surface area contributed by atoms with Crippen molar-refractivity contribution < 1.29 is 4.42 Å². The lowest BCUT2D eigenvalue weighted by molar-refractivity contribution is 0.485. The van der Waals surface area contributed by atoms with E-state index in [2.05, 4.69) is 15.5 Å². The van der Waals surface area contributed by atoms with Crippen molar-refractivity contribution in [3.8, 4) is 11.5 Å². The molecule has 0 amide bonds. The molecule has 3 aromatic rings. The second-order valence-corrected chi connectivity index (χ2v) is 5.12. The SMILES string of the molecule is CC(Nc1ccc(Cl)cc1)c1nnc(-c2ccccc2)o1. The van der Waals surface area contributed by atoms with Crippen molar-refractivity contribution >= 4 is 17.3 Å². The number of hydrogen-bond donors (Lipinski definition) is 1. The zero-order chi connectivity index (χ0) is 14.7. The molecule has 106 valence electrons. The second kappa shape index (κ2) is 5.97. The van der Waals surface area contributed by atoms with Crippen molar-refractivity contribution in [2.75, 3.05) is 5.32 Å². The Labute approximate surface area is 127 Å². The lowest BCUT2D eigenvalue weighted by Gasteiger charge is -2.11. The highest BCUT2D eigenvalue weighted by Crippen LogP contribution is 2.23. The lowest BCUT2D eigenvalue weighted by atomic mass is 10.2. The van der Waals surface area contributed by atoms with E-state index in [1.165, 1.54) is 0 Å². The molecule has 0 aliphatic carbocycles. The molecule has 2 aromatic carbocycles. The molecular weight excluding hydrogens is 286 g/mol. The quantitative estimate of drug-likeness (QED) is 0.767. The zero-order valence-corrected chi connectivity index (χ0v) is 12.2. The Hall–Kier alpha value is -2.33. The molecule has 0 aliphatic heterocycles. The van der Waals surface area contributed by atoms with Gasteiger partial charge in [0.05, 0.1) is 0 Å². The van der Waals surface area contributed by atoms with Crippen LogP contribution in [0.5, 0.6) is 0 Å². The Morgan fingerprint density at radius 1 is 1.00 bits per heavy atom. The number of anilines is 1. The highest BCUT2D eigenvalue weighted by atomic mass is 35.5. The van der Waals surface area contributed by atoms with E-state index in [0.29, 0.717) is 16.8 Å². The molecule has 21 heavy (non-hydrogen) atoms. The van der Waals surface area contributed by atoms with Gasteiger partial charge in [0, 0.05) is 16.3 Å². The van der Waals surface area contributed by atoms with Gasteiger partial charge in [0.2, 0.25) is 11.8 Å². The smallest absolute Gasteiger partial charge is 0.247 e. The summed E-state index contributed by atoms with van der Waals surface area (Å²) in [5.41, 5.74) is 1.86. The maximum atomic E-state index is 5.87. The highest BCUT2D eigenvalue weighted by Gasteiger charge is 2.14. The molecule has 0 spiro atoms. The summed E-state index contributed by atoms with van der Waals surface area (Å²) in [6.45, 7) is 1.97. The maximum absolute atomic E-state index is 5.87. The lowest BCUT2D eigenvalue weighted by Crippen LogP contribution is -2.06. The van der Waals surface area contributed by atoms with Crippen molar-refractivity contribution in [3.05, 3.63) is 65.5 Å². The summed E-state index contributed by atoms with van der Waals surface area (Å²) in [6, 6.07) is 17.1. The molecule has 4 nitrogen and oxygen atoms in total. The average Bonchev–Trinajstić information content (AvgIpc) is 3.00. The van der Waals surface area contributed by atoms with Gasteiger partial charge >= 0.3 is 0 Å². The number of nitrogens with one attached hydrogen (secondary N) is 1. The van der Waals surface area contributed by atoms with Gasteiger partial charge in [0.15, 0.2) is 0 Å². The number of nitrogens with zero attached hydrogens (tertiary/aromatic N) is 2. The van der Waals surface area contributed by atoms with E-state index >= 15 is 0 Å². The first-order valence-corrected chi connectivity index (χ1v) is 7.01. The average molecular weight is 300 g/mol. The van der Waals surface area contributed by atoms with Gasteiger partial charge < -0.3 is 9.73 Å². The summed E-state index contributed by atoms with van der Waals surface area (Å²) in [5, 5.41) is 12.2. The van der Waals surface area contributed by atoms with E-state index in [0.717, 1.165) is 11.3 Å². The predicted molar refractivity (Wildman–Crippen MR) is 83.2 cm³/mol. The zero-order valence-electron chi connectivity index (χ0n) is 11.5. The van der Waals surface area contributed by atoms with Gasteiger partial charge in [-0.25, -0.2) is 0 Å². The molecule has 1 aromatic heterocycles. The Bertz CT molecular complexity index is 710. The van der Waals surface area contributed by atoms with Crippen molar-refractivity contribution in [3.63, 3.8) is 0 Å². The molecule has 1 unspecified atom stereocenters. The minimum atomic E-state index is -0.0869. The Kier molecular flexibility index (Phi) is 3.88. The summed E-state index contributed by atoms with van der Waals surface area (Å²) in [4.78, 5) is 0. The van der Waals surface area contributed by atoms with Crippen LogP contribution in [0.25, 0.3) is 11.5 Å². The van der Waals surface area contributed by atoms with Crippen LogP contribution >= 0.6 is 11.6 Å². The highest BCUT2D eigenvalue weighted by molar-refractivity contribution is 6.30. The summed E-state index contributed by atoms with van der Waals surface area (Å²) in [6.07, 6.45) is 0. The van der Waals surface area contributed by atoms with Gasteiger partial charge in [-0.1, -0.05) is 29.8 Å². The van der Waals surface area contributed by atoms with E-state index < -0.39 is 0 Å². The Morgan fingerprint density at radius 2 is 1.71 bits per heavy atom. The van der Waals surface area contributed by atoms with Gasteiger partial charge in [0.25, 0.3) is 0 Å². The van der Waals surface area contributed by atoms with Crippen LogP contribution in [0.4, 0.5) is 5.69 Å². The van der Waals surface area contributed by atoms with E-state index in [1.54, 1.807) is 0 Å². The van der Waals surface area contributed by atoms with E-state index in [-0.39, 0.29) is 6.04 Å². The standard InChI is InChI=1S/C16H14ClN3O/c1-11(18-14-9-7-13(17)8-10-14)15-19-20-16(21-15)12-5-3-2-4-6-12/h2-11,18H,1H3. The van der Waals surface area contributed by atoms with Gasteiger partial charge in [-0.2, -0.15) is 0 Å².